The van der Waals surface area contributed by atoms with Gasteiger partial charge in [-0.25, -0.2) is 9.78 Å². The summed E-state index contributed by atoms with van der Waals surface area (Å²) in [5, 5.41) is 5.35. The zero-order valence-corrected chi connectivity index (χ0v) is 15.1. The van der Waals surface area contributed by atoms with Crippen LogP contribution in [0.4, 0.5) is 5.13 Å². The molecule has 0 spiro atoms. The Bertz CT molecular complexity index is 661. The van der Waals surface area contributed by atoms with Crippen LogP contribution in [-0.2, 0) is 9.53 Å². The number of nitrogens with one attached hydrogen (secondary N) is 1. The smallest absolute Gasteiger partial charge is 0.358 e. The minimum Gasteiger partial charge on any atom is -0.453 e. The van der Waals surface area contributed by atoms with Crippen LogP contribution in [0.1, 0.15) is 49.0 Å². The molecule has 0 unspecified atom stereocenters. The molecule has 1 aromatic rings. The Morgan fingerprint density at radius 2 is 1.92 bits per heavy atom. The van der Waals surface area contributed by atoms with Crippen LogP contribution >= 0.6 is 11.3 Å². The fraction of sp³-hybridized carbons (Fsp3) is 0.632. The van der Waals surface area contributed by atoms with Crippen LogP contribution in [0.2, 0.25) is 0 Å². The van der Waals surface area contributed by atoms with Gasteiger partial charge in [0.2, 0.25) is 0 Å². The van der Waals surface area contributed by atoms with Crippen LogP contribution < -0.4 is 5.32 Å². The second kappa shape index (κ2) is 6.56. The molecule has 0 aromatic carbocycles. The predicted octanol–water partition coefficient (Wildman–Crippen LogP) is 3.68. The van der Waals surface area contributed by atoms with Gasteiger partial charge in [0.25, 0.3) is 0 Å². The van der Waals surface area contributed by atoms with Gasteiger partial charge in [0.05, 0.1) is 0 Å². The van der Waals surface area contributed by atoms with E-state index in [1.165, 1.54) is 30.6 Å². The SMILES string of the molecule is C=CCNc1nc(C(=O)OCC(=O)C23CC4CC(CC(C4)C2)C3)cs1. The summed E-state index contributed by atoms with van der Waals surface area (Å²) in [5.74, 6) is 1.75. The van der Waals surface area contributed by atoms with Crippen molar-refractivity contribution < 1.29 is 14.3 Å². The van der Waals surface area contributed by atoms with Crippen molar-refractivity contribution in [2.45, 2.75) is 38.5 Å². The molecule has 134 valence electrons. The van der Waals surface area contributed by atoms with Crippen molar-refractivity contribution in [2.75, 3.05) is 18.5 Å². The molecule has 1 heterocycles. The highest BCUT2D eigenvalue weighted by Gasteiger charge is 2.54. The predicted molar refractivity (Wildman–Crippen MR) is 96.7 cm³/mol. The third-order valence-electron chi connectivity index (χ3n) is 6.08. The highest BCUT2D eigenvalue weighted by Crippen LogP contribution is 2.60. The maximum Gasteiger partial charge on any atom is 0.358 e. The standard InChI is InChI=1S/C19H24N2O3S/c1-2-3-20-18-21-15(11-25-18)17(23)24-10-16(22)19-7-12-4-13(8-19)6-14(5-12)9-19/h2,11-14H,1,3-10H2,(H,20,21). The molecule has 1 N–H and O–H groups in total. The molecular formula is C19H24N2O3S. The van der Waals surface area contributed by atoms with E-state index in [1.54, 1.807) is 11.5 Å². The zero-order valence-electron chi connectivity index (χ0n) is 14.3. The molecule has 0 amide bonds. The number of thiazole rings is 1. The molecule has 0 aliphatic heterocycles. The Hall–Kier alpha value is -1.69. The lowest BCUT2D eigenvalue weighted by atomic mass is 9.48. The van der Waals surface area contributed by atoms with Gasteiger partial charge in [-0.05, 0) is 56.3 Å². The highest BCUT2D eigenvalue weighted by atomic mass is 32.1. The summed E-state index contributed by atoms with van der Waals surface area (Å²) in [6.45, 7) is 4.11. The third-order valence-corrected chi connectivity index (χ3v) is 6.88. The quantitative estimate of drug-likeness (QED) is 0.593. The van der Waals surface area contributed by atoms with E-state index < -0.39 is 5.97 Å². The first-order chi connectivity index (χ1) is 12.1. The van der Waals surface area contributed by atoms with E-state index in [-0.39, 0.29) is 23.5 Å². The Morgan fingerprint density at radius 3 is 2.52 bits per heavy atom. The van der Waals surface area contributed by atoms with Gasteiger partial charge in [-0.3, -0.25) is 4.79 Å². The molecule has 5 nitrogen and oxygen atoms in total. The van der Waals surface area contributed by atoms with Gasteiger partial charge in [0, 0.05) is 17.3 Å². The molecule has 25 heavy (non-hydrogen) atoms. The largest absolute Gasteiger partial charge is 0.453 e. The van der Waals surface area contributed by atoms with Crippen molar-refractivity contribution in [1.29, 1.82) is 0 Å². The number of ether oxygens (including phenoxy) is 1. The molecule has 0 radical (unpaired) electrons. The molecule has 4 aliphatic rings. The zero-order chi connectivity index (χ0) is 17.4. The third kappa shape index (κ3) is 3.24. The van der Waals surface area contributed by atoms with Crippen LogP contribution in [0, 0.1) is 23.2 Å². The number of anilines is 1. The van der Waals surface area contributed by atoms with Gasteiger partial charge in [-0.1, -0.05) is 6.08 Å². The molecule has 4 aliphatic carbocycles. The molecule has 0 saturated heterocycles. The summed E-state index contributed by atoms with van der Waals surface area (Å²) in [5.41, 5.74) is 0.0446. The molecule has 1 aromatic heterocycles. The van der Waals surface area contributed by atoms with Crippen LogP contribution in [0.3, 0.4) is 0 Å². The topological polar surface area (TPSA) is 68.3 Å². The van der Waals surface area contributed by atoms with Gasteiger partial charge < -0.3 is 10.1 Å². The maximum atomic E-state index is 12.9. The van der Waals surface area contributed by atoms with Crippen LogP contribution in [0.5, 0.6) is 0 Å². The summed E-state index contributed by atoms with van der Waals surface area (Å²) in [7, 11) is 0. The summed E-state index contributed by atoms with van der Waals surface area (Å²) < 4.78 is 5.30. The molecule has 6 heteroatoms. The van der Waals surface area contributed by atoms with Crippen LogP contribution in [-0.4, -0.2) is 29.9 Å². The molecule has 5 rings (SSSR count). The number of ketones is 1. The number of hydrogen-bond donors (Lipinski definition) is 1. The molecule has 4 bridgehead atoms. The van der Waals surface area contributed by atoms with E-state index in [0.29, 0.717) is 29.4 Å². The molecule has 4 saturated carbocycles. The fourth-order valence-electron chi connectivity index (χ4n) is 5.42. The van der Waals surface area contributed by atoms with Crippen molar-refractivity contribution >= 4 is 28.2 Å². The summed E-state index contributed by atoms with van der Waals surface area (Å²) in [6.07, 6.45) is 8.62. The summed E-state index contributed by atoms with van der Waals surface area (Å²) in [4.78, 5) is 29.2. The van der Waals surface area contributed by atoms with Crippen molar-refractivity contribution in [2.24, 2.45) is 23.2 Å². The van der Waals surface area contributed by atoms with Gasteiger partial charge in [0.15, 0.2) is 23.2 Å². The van der Waals surface area contributed by atoms with Gasteiger partial charge in [0.1, 0.15) is 0 Å². The first-order valence-corrected chi connectivity index (χ1v) is 9.96. The van der Waals surface area contributed by atoms with Gasteiger partial charge in [-0.15, -0.1) is 17.9 Å². The van der Waals surface area contributed by atoms with Crippen LogP contribution in [0.25, 0.3) is 0 Å². The first kappa shape index (κ1) is 16.8. The van der Waals surface area contributed by atoms with Crippen LogP contribution in [0.15, 0.2) is 18.0 Å². The number of carbonyl (C=O) groups is 2. The Morgan fingerprint density at radius 1 is 1.28 bits per heavy atom. The van der Waals surface area contributed by atoms with E-state index in [4.69, 9.17) is 4.74 Å². The average molecular weight is 360 g/mol. The number of aromatic nitrogens is 1. The number of Topliss-reactive ketones (excluding diaryl/α,β-unsaturated/α-hetero) is 1. The highest BCUT2D eigenvalue weighted by molar-refractivity contribution is 7.13. The Labute approximate surface area is 151 Å². The molecule has 0 atom stereocenters. The Kier molecular flexibility index (Phi) is 4.40. The van der Waals surface area contributed by atoms with Crippen molar-refractivity contribution in [3.63, 3.8) is 0 Å². The van der Waals surface area contributed by atoms with Crippen molar-refractivity contribution in [1.82, 2.24) is 4.98 Å². The number of esters is 1. The molecular weight excluding hydrogens is 336 g/mol. The number of hydrogen-bond acceptors (Lipinski definition) is 6. The number of rotatable bonds is 7. The Balaban J connectivity index is 1.35. The lowest BCUT2D eigenvalue weighted by Crippen LogP contribution is -2.51. The van der Waals surface area contributed by atoms with E-state index in [1.807, 2.05) is 0 Å². The normalized spacial score (nSPS) is 32.4. The first-order valence-electron chi connectivity index (χ1n) is 9.09. The number of nitrogens with zero attached hydrogens (tertiary/aromatic N) is 1. The lowest BCUT2D eigenvalue weighted by molar-refractivity contribution is -0.147. The second-order valence-electron chi connectivity index (χ2n) is 7.90. The number of carbonyl (C=O) groups excluding carboxylic acids is 2. The average Bonchev–Trinajstić information content (AvgIpc) is 3.05. The lowest BCUT2D eigenvalue weighted by Gasteiger charge is -2.55. The van der Waals surface area contributed by atoms with Crippen molar-refractivity contribution in [3.8, 4) is 0 Å². The monoisotopic (exact) mass is 360 g/mol. The summed E-state index contributed by atoms with van der Waals surface area (Å²) >= 11 is 1.34. The van der Waals surface area contributed by atoms with Crippen molar-refractivity contribution in [3.05, 3.63) is 23.7 Å². The second-order valence-corrected chi connectivity index (χ2v) is 8.76. The summed E-state index contributed by atoms with van der Waals surface area (Å²) in [6, 6.07) is 0. The van der Waals surface area contributed by atoms with E-state index >= 15 is 0 Å². The van der Waals surface area contributed by atoms with E-state index in [9.17, 15) is 9.59 Å². The van der Waals surface area contributed by atoms with Gasteiger partial charge >= 0.3 is 5.97 Å². The maximum absolute atomic E-state index is 12.9. The fourth-order valence-corrected chi connectivity index (χ4v) is 6.11. The van der Waals surface area contributed by atoms with E-state index in [0.717, 1.165) is 19.3 Å². The molecule has 4 fully saturated rings. The van der Waals surface area contributed by atoms with E-state index in [2.05, 4.69) is 16.9 Å². The minimum atomic E-state index is -0.513. The minimum absolute atomic E-state index is 0.113. The van der Waals surface area contributed by atoms with Gasteiger partial charge in [-0.2, -0.15) is 0 Å².